The zero-order valence-electron chi connectivity index (χ0n) is 10.9. The molecule has 0 aliphatic heterocycles. The van der Waals surface area contributed by atoms with Crippen molar-refractivity contribution >= 4 is 40.9 Å². The summed E-state index contributed by atoms with van der Waals surface area (Å²) in [5.41, 5.74) is 0. The maximum Gasteiger partial charge on any atom is 0.409 e. The third kappa shape index (κ3) is 12.4. The third-order valence-corrected chi connectivity index (χ3v) is 1.93. The van der Waals surface area contributed by atoms with Gasteiger partial charge in [0.1, 0.15) is 6.61 Å². The second-order valence-electron chi connectivity index (χ2n) is 3.16. The Balaban J connectivity index is 0. The van der Waals surface area contributed by atoms with E-state index in [-0.39, 0.29) is 6.61 Å². The number of carbonyl (C=O) groups is 1. The molecule has 1 amide bonds. The van der Waals surface area contributed by atoms with Crippen molar-refractivity contribution in [3.63, 3.8) is 0 Å². The number of hydrogen-bond donors (Lipinski definition) is 0. The van der Waals surface area contributed by atoms with Gasteiger partial charge in [-0.1, -0.05) is 62.5 Å². The molecule has 0 fully saturated rings. The van der Waals surface area contributed by atoms with Crippen LogP contribution in [0.1, 0.15) is 40.5 Å². The van der Waals surface area contributed by atoms with Crippen LogP contribution in [0.15, 0.2) is 0 Å². The molecule has 0 radical (unpaired) electrons. The predicted octanol–water partition coefficient (Wildman–Crippen LogP) is 4.64. The van der Waals surface area contributed by atoms with E-state index in [0.29, 0.717) is 13.1 Å². The van der Waals surface area contributed by atoms with Crippen LogP contribution >= 0.6 is 34.8 Å². The van der Waals surface area contributed by atoms with Crippen LogP contribution in [0.3, 0.4) is 0 Å². The van der Waals surface area contributed by atoms with Crippen LogP contribution in [0, 0.1) is 0 Å². The standard InChI is InChI=1S/C9H16Cl3NO2.C2H6/c1-3-5-13(6-4-2)8(14)15-7-9(10,11)12;1-2/h3-7H2,1-2H3;1-2H3. The van der Waals surface area contributed by atoms with Gasteiger partial charge in [0.05, 0.1) is 0 Å². The summed E-state index contributed by atoms with van der Waals surface area (Å²) in [7, 11) is 0. The van der Waals surface area contributed by atoms with Gasteiger partial charge in [0.25, 0.3) is 0 Å². The minimum atomic E-state index is -1.54. The van der Waals surface area contributed by atoms with E-state index in [2.05, 4.69) is 0 Å². The molecule has 3 nitrogen and oxygen atoms in total. The minimum Gasteiger partial charge on any atom is -0.445 e. The lowest BCUT2D eigenvalue weighted by Gasteiger charge is -2.22. The summed E-state index contributed by atoms with van der Waals surface area (Å²) < 4.78 is 3.32. The zero-order chi connectivity index (χ0) is 13.9. The molecule has 104 valence electrons. The van der Waals surface area contributed by atoms with Crippen LogP contribution in [0.2, 0.25) is 0 Å². The minimum absolute atomic E-state index is 0.222. The molecule has 6 heteroatoms. The van der Waals surface area contributed by atoms with Crippen molar-refractivity contribution in [1.82, 2.24) is 4.90 Å². The van der Waals surface area contributed by atoms with Gasteiger partial charge in [0, 0.05) is 13.1 Å². The molecule has 0 N–H and O–H groups in total. The second kappa shape index (κ2) is 11.2. The quantitative estimate of drug-likeness (QED) is 0.692. The van der Waals surface area contributed by atoms with Crippen molar-refractivity contribution in [2.24, 2.45) is 0 Å². The second-order valence-corrected chi connectivity index (χ2v) is 5.67. The third-order valence-electron chi connectivity index (χ3n) is 1.60. The van der Waals surface area contributed by atoms with Crippen molar-refractivity contribution < 1.29 is 9.53 Å². The molecule has 0 aliphatic carbocycles. The van der Waals surface area contributed by atoms with Crippen LogP contribution < -0.4 is 0 Å². The summed E-state index contributed by atoms with van der Waals surface area (Å²) in [6.45, 7) is 9.08. The Morgan fingerprint density at radius 2 is 1.53 bits per heavy atom. The van der Waals surface area contributed by atoms with E-state index in [9.17, 15) is 4.79 Å². The summed E-state index contributed by atoms with van der Waals surface area (Å²) >= 11 is 16.4. The van der Waals surface area contributed by atoms with E-state index in [1.54, 1.807) is 4.90 Å². The monoisotopic (exact) mass is 305 g/mol. The molecule has 0 bridgehead atoms. The molecule has 0 unspecified atom stereocenters. The number of rotatable bonds is 5. The van der Waals surface area contributed by atoms with Crippen LogP contribution in [0.25, 0.3) is 0 Å². The van der Waals surface area contributed by atoms with Crippen molar-refractivity contribution in [2.75, 3.05) is 19.7 Å². The molecule has 0 saturated heterocycles. The molecule has 0 heterocycles. The lowest BCUT2D eigenvalue weighted by Crippen LogP contribution is -2.34. The molecule has 0 saturated carbocycles. The first kappa shape index (κ1) is 19.5. The summed E-state index contributed by atoms with van der Waals surface area (Å²) in [5, 5.41) is 0. The molecular weight excluding hydrogens is 284 g/mol. The predicted molar refractivity (Wildman–Crippen MR) is 75.1 cm³/mol. The van der Waals surface area contributed by atoms with Gasteiger partial charge in [0.2, 0.25) is 3.79 Å². The van der Waals surface area contributed by atoms with Gasteiger partial charge >= 0.3 is 6.09 Å². The lowest BCUT2D eigenvalue weighted by atomic mass is 10.4. The Hall–Kier alpha value is 0.140. The van der Waals surface area contributed by atoms with Gasteiger partial charge in [-0.15, -0.1) is 0 Å². The largest absolute Gasteiger partial charge is 0.445 e. The maximum absolute atomic E-state index is 11.5. The smallest absolute Gasteiger partial charge is 0.409 e. The molecule has 0 spiro atoms. The first-order valence-corrected chi connectivity index (χ1v) is 7.02. The fourth-order valence-corrected chi connectivity index (χ4v) is 1.23. The average Bonchev–Trinajstić information content (AvgIpc) is 2.27. The Kier molecular flexibility index (Phi) is 12.9. The van der Waals surface area contributed by atoms with Crippen LogP contribution in [0.5, 0.6) is 0 Å². The molecular formula is C11H22Cl3NO2. The van der Waals surface area contributed by atoms with Gasteiger partial charge in [-0.2, -0.15) is 0 Å². The summed E-state index contributed by atoms with van der Waals surface area (Å²) in [5.74, 6) is 0. The molecule has 17 heavy (non-hydrogen) atoms. The van der Waals surface area contributed by atoms with E-state index in [1.165, 1.54) is 0 Å². The van der Waals surface area contributed by atoms with Gasteiger partial charge in [-0.25, -0.2) is 4.79 Å². The van der Waals surface area contributed by atoms with E-state index >= 15 is 0 Å². The van der Waals surface area contributed by atoms with Gasteiger partial charge in [0.15, 0.2) is 0 Å². The van der Waals surface area contributed by atoms with Crippen LogP contribution in [0.4, 0.5) is 4.79 Å². The summed E-state index contributed by atoms with van der Waals surface area (Å²) in [6.07, 6.45) is 1.33. The normalized spacial score (nSPS) is 10.3. The molecule has 0 aromatic carbocycles. The maximum atomic E-state index is 11.5. The number of hydrogen-bond acceptors (Lipinski definition) is 2. The van der Waals surface area contributed by atoms with E-state index < -0.39 is 9.89 Å². The fourth-order valence-electron chi connectivity index (χ4n) is 1.07. The summed E-state index contributed by atoms with van der Waals surface area (Å²) in [4.78, 5) is 13.1. The molecule has 0 rings (SSSR count). The van der Waals surface area contributed by atoms with E-state index in [1.807, 2.05) is 27.7 Å². The number of ether oxygens (including phenoxy) is 1. The van der Waals surface area contributed by atoms with E-state index in [4.69, 9.17) is 39.5 Å². The van der Waals surface area contributed by atoms with Crippen molar-refractivity contribution in [3.8, 4) is 0 Å². The fraction of sp³-hybridized carbons (Fsp3) is 0.909. The SMILES string of the molecule is CC.CCCN(CCC)C(=O)OCC(Cl)(Cl)Cl. The average molecular weight is 307 g/mol. The Labute approximate surface area is 119 Å². The van der Waals surface area contributed by atoms with Gasteiger partial charge in [-0.3, -0.25) is 0 Å². The topological polar surface area (TPSA) is 29.5 Å². The van der Waals surface area contributed by atoms with Gasteiger partial charge in [-0.05, 0) is 12.8 Å². The first-order valence-electron chi connectivity index (χ1n) is 5.89. The molecule has 0 aromatic rings. The Morgan fingerprint density at radius 1 is 1.12 bits per heavy atom. The highest BCUT2D eigenvalue weighted by atomic mass is 35.6. The number of amides is 1. The van der Waals surface area contributed by atoms with Crippen molar-refractivity contribution in [2.45, 2.75) is 44.3 Å². The van der Waals surface area contributed by atoms with Gasteiger partial charge < -0.3 is 9.64 Å². The highest BCUT2D eigenvalue weighted by Gasteiger charge is 2.23. The molecule has 0 aromatic heterocycles. The highest BCUT2D eigenvalue weighted by Crippen LogP contribution is 2.26. The molecule has 0 aliphatic rings. The lowest BCUT2D eigenvalue weighted by molar-refractivity contribution is 0.104. The highest BCUT2D eigenvalue weighted by molar-refractivity contribution is 6.67. The van der Waals surface area contributed by atoms with E-state index in [0.717, 1.165) is 12.8 Å². The van der Waals surface area contributed by atoms with Crippen LogP contribution in [-0.4, -0.2) is 34.5 Å². The van der Waals surface area contributed by atoms with Crippen LogP contribution in [-0.2, 0) is 4.74 Å². The molecule has 0 atom stereocenters. The Morgan fingerprint density at radius 3 is 1.82 bits per heavy atom. The van der Waals surface area contributed by atoms with Crippen molar-refractivity contribution in [1.29, 1.82) is 0 Å². The number of nitrogens with zero attached hydrogens (tertiary/aromatic N) is 1. The zero-order valence-corrected chi connectivity index (χ0v) is 13.2. The number of halogens is 3. The van der Waals surface area contributed by atoms with Crippen molar-refractivity contribution in [3.05, 3.63) is 0 Å². The summed E-state index contributed by atoms with van der Waals surface area (Å²) in [6, 6.07) is 0. The number of alkyl halides is 3. The number of carbonyl (C=O) groups excluding carboxylic acids is 1. The first-order chi connectivity index (χ1) is 7.90. The Bertz CT molecular complexity index is 190.